The first-order valence-corrected chi connectivity index (χ1v) is 7.88. The van der Waals surface area contributed by atoms with Crippen LogP contribution < -0.4 is 10.6 Å². The fourth-order valence-electron chi connectivity index (χ4n) is 2.40. The van der Waals surface area contributed by atoms with Crippen molar-refractivity contribution in [1.29, 1.82) is 0 Å². The third kappa shape index (κ3) is 3.76. The number of carboxylic acid groups (broad SMARTS) is 1. The summed E-state index contributed by atoms with van der Waals surface area (Å²) in [4.78, 5) is 27.2. The Morgan fingerprint density at radius 3 is 2.54 bits per heavy atom. The zero-order chi connectivity index (χ0) is 18.5. The molecule has 0 radical (unpaired) electrons. The first-order valence-electron chi connectivity index (χ1n) is 7.88. The maximum Gasteiger partial charge on any atom is 0.335 e. The number of carboxylic acids is 1. The molecule has 8 heteroatoms. The molecule has 0 aliphatic heterocycles. The number of hydrogen-bond donors (Lipinski definition) is 3. The number of hydrogen-bond acceptors (Lipinski definition) is 5. The van der Waals surface area contributed by atoms with Crippen molar-refractivity contribution >= 4 is 17.7 Å². The molecule has 1 amide bonds. The molecular formula is C18H17N5O3. The number of aromatic nitrogens is 3. The van der Waals surface area contributed by atoms with E-state index in [0.29, 0.717) is 17.3 Å². The zero-order valence-electron chi connectivity index (χ0n) is 14.0. The van der Waals surface area contributed by atoms with Crippen LogP contribution in [0.4, 0.5) is 5.82 Å². The van der Waals surface area contributed by atoms with E-state index in [0.717, 1.165) is 5.56 Å². The second-order valence-electron chi connectivity index (χ2n) is 5.48. The van der Waals surface area contributed by atoms with Crippen molar-refractivity contribution in [1.82, 2.24) is 20.1 Å². The van der Waals surface area contributed by atoms with E-state index >= 15 is 0 Å². The van der Waals surface area contributed by atoms with Gasteiger partial charge in [-0.2, -0.15) is 9.78 Å². The number of anilines is 1. The molecule has 2 aromatic heterocycles. The second-order valence-corrected chi connectivity index (χ2v) is 5.48. The third-order valence-electron chi connectivity index (χ3n) is 3.61. The van der Waals surface area contributed by atoms with Crippen molar-refractivity contribution in [3.05, 3.63) is 60.3 Å². The Morgan fingerprint density at radius 1 is 1.15 bits per heavy atom. The topological polar surface area (TPSA) is 109 Å². The number of carbonyl (C=O) groups is 2. The second kappa shape index (κ2) is 7.58. The lowest BCUT2D eigenvalue weighted by molar-refractivity contribution is -0.115. The Balaban J connectivity index is 2.00. The van der Waals surface area contributed by atoms with Crippen LogP contribution in [0.2, 0.25) is 0 Å². The van der Waals surface area contributed by atoms with Crippen molar-refractivity contribution in [2.24, 2.45) is 0 Å². The van der Waals surface area contributed by atoms with Gasteiger partial charge in [0.25, 0.3) is 0 Å². The van der Waals surface area contributed by atoms with Gasteiger partial charge in [0.05, 0.1) is 17.8 Å². The summed E-state index contributed by atoms with van der Waals surface area (Å²) in [6.45, 7) is 0.163. The predicted molar refractivity (Wildman–Crippen MR) is 96.3 cm³/mol. The minimum absolute atomic E-state index is 0.163. The van der Waals surface area contributed by atoms with Crippen LogP contribution in [0.15, 0.2) is 54.7 Å². The zero-order valence-corrected chi connectivity index (χ0v) is 14.0. The third-order valence-corrected chi connectivity index (χ3v) is 3.61. The van der Waals surface area contributed by atoms with Crippen LogP contribution in [0.5, 0.6) is 0 Å². The Bertz CT molecular complexity index is 920. The van der Waals surface area contributed by atoms with Crippen molar-refractivity contribution in [2.75, 3.05) is 18.9 Å². The molecule has 0 unspecified atom stereocenters. The first-order chi connectivity index (χ1) is 12.6. The van der Waals surface area contributed by atoms with Gasteiger partial charge in [-0.15, -0.1) is 0 Å². The van der Waals surface area contributed by atoms with E-state index in [4.69, 9.17) is 5.11 Å². The summed E-state index contributed by atoms with van der Waals surface area (Å²) in [5.41, 5.74) is 1.52. The number of carbonyl (C=O) groups excluding carboxylic acids is 1. The van der Waals surface area contributed by atoms with Gasteiger partial charge in [-0.3, -0.25) is 4.79 Å². The Morgan fingerprint density at radius 2 is 1.92 bits per heavy atom. The predicted octanol–water partition coefficient (Wildman–Crippen LogP) is 1.79. The summed E-state index contributed by atoms with van der Waals surface area (Å²) in [6, 6.07) is 13.5. The van der Waals surface area contributed by atoms with E-state index in [1.807, 2.05) is 6.07 Å². The molecule has 0 fully saturated rings. The van der Waals surface area contributed by atoms with Crippen LogP contribution >= 0.6 is 0 Å². The van der Waals surface area contributed by atoms with Crippen molar-refractivity contribution < 1.29 is 14.7 Å². The molecule has 0 spiro atoms. The van der Waals surface area contributed by atoms with Gasteiger partial charge in [-0.05, 0) is 31.3 Å². The Hall–Kier alpha value is -3.52. The summed E-state index contributed by atoms with van der Waals surface area (Å²) >= 11 is 0. The molecule has 0 aliphatic rings. The van der Waals surface area contributed by atoms with Gasteiger partial charge in [0, 0.05) is 17.8 Å². The summed E-state index contributed by atoms with van der Waals surface area (Å²) in [5, 5.41) is 19.1. The molecule has 3 aromatic rings. The standard InChI is InChI=1S/C18H17N5O3/c1-19-11-17(24)21-16-10-14(12-5-7-13(8-6-12)18(25)26)22-23(16)15-4-2-3-9-20-15/h2-10,19H,11H2,1H3,(H,21,24)(H,25,26). The lowest BCUT2D eigenvalue weighted by Gasteiger charge is -2.07. The van der Waals surface area contributed by atoms with Gasteiger partial charge in [0.15, 0.2) is 5.82 Å². The average Bonchev–Trinajstić information content (AvgIpc) is 3.06. The largest absolute Gasteiger partial charge is 0.478 e. The minimum Gasteiger partial charge on any atom is -0.478 e. The molecule has 3 N–H and O–H groups in total. The number of pyridine rings is 1. The normalized spacial score (nSPS) is 10.5. The van der Waals surface area contributed by atoms with Crippen LogP contribution in [-0.2, 0) is 4.79 Å². The Kier molecular flexibility index (Phi) is 5.04. The number of nitrogens with one attached hydrogen (secondary N) is 2. The van der Waals surface area contributed by atoms with Gasteiger partial charge in [-0.25, -0.2) is 9.78 Å². The van der Waals surface area contributed by atoms with Crippen molar-refractivity contribution in [3.8, 4) is 17.1 Å². The van der Waals surface area contributed by atoms with E-state index in [2.05, 4.69) is 20.7 Å². The lowest BCUT2D eigenvalue weighted by Crippen LogP contribution is -2.26. The fourth-order valence-corrected chi connectivity index (χ4v) is 2.40. The molecule has 0 aliphatic carbocycles. The SMILES string of the molecule is CNCC(=O)Nc1cc(-c2ccc(C(=O)O)cc2)nn1-c1ccccn1. The monoisotopic (exact) mass is 351 g/mol. The molecule has 3 rings (SSSR count). The molecule has 8 nitrogen and oxygen atoms in total. The van der Waals surface area contributed by atoms with Crippen molar-refractivity contribution in [3.63, 3.8) is 0 Å². The maximum atomic E-state index is 12.0. The van der Waals surface area contributed by atoms with Crippen LogP contribution in [0.25, 0.3) is 17.1 Å². The molecule has 0 saturated carbocycles. The van der Waals surface area contributed by atoms with Crippen LogP contribution in [-0.4, -0.2) is 45.3 Å². The number of aromatic carboxylic acids is 1. The molecular weight excluding hydrogens is 334 g/mol. The first kappa shape index (κ1) is 17.3. The van der Waals surface area contributed by atoms with E-state index in [9.17, 15) is 9.59 Å². The van der Waals surface area contributed by atoms with E-state index in [1.54, 1.807) is 43.6 Å². The summed E-state index contributed by atoms with van der Waals surface area (Å²) in [5.74, 6) is -0.171. The molecule has 26 heavy (non-hydrogen) atoms. The highest BCUT2D eigenvalue weighted by atomic mass is 16.4. The number of nitrogens with zero attached hydrogens (tertiary/aromatic N) is 3. The van der Waals surface area contributed by atoms with Gasteiger partial charge in [0.2, 0.25) is 5.91 Å². The lowest BCUT2D eigenvalue weighted by atomic mass is 10.1. The van der Waals surface area contributed by atoms with Gasteiger partial charge >= 0.3 is 5.97 Å². The molecule has 1 aromatic carbocycles. The number of amides is 1. The molecule has 0 atom stereocenters. The van der Waals surface area contributed by atoms with Crippen molar-refractivity contribution in [2.45, 2.75) is 0 Å². The fraction of sp³-hybridized carbons (Fsp3) is 0.111. The van der Waals surface area contributed by atoms with E-state index in [-0.39, 0.29) is 18.0 Å². The van der Waals surface area contributed by atoms with Gasteiger partial charge in [0.1, 0.15) is 5.82 Å². The van der Waals surface area contributed by atoms with Crippen LogP contribution in [0, 0.1) is 0 Å². The van der Waals surface area contributed by atoms with E-state index < -0.39 is 5.97 Å². The number of rotatable bonds is 6. The number of benzene rings is 1. The van der Waals surface area contributed by atoms with Crippen LogP contribution in [0.3, 0.4) is 0 Å². The highest BCUT2D eigenvalue weighted by molar-refractivity contribution is 5.92. The molecule has 2 heterocycles. The van der Waals surface area contributed by atoms with E-state index in [1.165, 1.54) is 16.8 Å². The smallest absolute Gasteiger partial charge is 0.335 e. The van der Waals surface area contributed by atoms with Crippen LogP contribution in [0.1, 0.15) is 10.4 Å². The van der Waals surface area contributed by atoms with Gasteiger partial charge in [-0.1, -0.05) is 18.2 Å². The average molecular weight is 351 g/mol. The maximum absolute atomic E-state index is 12.0. The number of likely N-dealkylation sites (N-methyl/N-ethyl adjacent to an activating group) is 1. The molecule has 0 saturated heterocycles. The highest BCUT2D eigenvalue weighted by Crippen LogP contribution is 2.24. The minimum atomic E-state index is -0.990. The summed E-state index contributed by atoms with van der Waals surface area (Å²) in [7, 11) is 1.69. The van der Waals surface area contributed by atoms with Gasteiger partial charge < -0.3 is 15.7 Å². The molecule has 0 bridgehead atoms. The highest BCUT2D eigenvalue weighted by Gasteiger charge is 2.14. The summed E-state index contributed by atoms with van der Waals surface area (Å²) < 4.78 is 1.54. The quantitative estimate of drug-likeness (QED) is 0.625. The Labute approximate surface area is 149 Å². The molecule has 132 valence electrons. The summed E-state index contributed by atoms with van der Waals surface area (Å²) in [6.07, 6.45) is 1.64.